The highest BCUT2D eigenvalue weighted by molar-refractivity contribution is 5.76. The Bertz CT molecular complexity index is 601. The van der Waals surface area contributed by atoms with Gasteiger partial charge in [0.2, 0.25) is 5.91 Å². The molecular formula is C18H23N3O. The predicted octanol–water partition coefficient (Wildman–Crippen LogP) is 3.66. The summed E-state index contributed by atoms with van der Waals surface area (Å²) in [5.41, 5.74) is 2.15. The van der Waals surface area contributed by atoms with Gasteiger partial charge in [-0.3, -0.25) is 4.79 Å². The van der Waals surface area contributed by atoms with Crippen molar-refractivity contribution < 1.29 is 4.79 Å². The van der Waals surface area contributed by atoms with Crippen LogP contribution in [-0.2, 0) is 11.3 Å². The molecule has 1 aliphatic carbocycles. The van der Waals surface area contributed by atoms with Gasteiger partial charge >= 0.3 is 0 Å². The molecule has 1 fully saturated rings. The Kier molecular flexibility index (Phi) is 4.88. The van der Waals surface area contributed by atoms with Crippen LogP contribution in [0.3, 0.4) is 0 Å². The van der Waals surface area contributed by atoms with Crippen LogP contribution in [0.4, 0.5) is 0 Å². The maximum atomic E-state index is 12.1. The minimum atomic E-state index is 0.176. The molecule has 2 aromatic rings. The third kappa shape index (κ3) is 3.97. The smallest absolute Gasteiger partial charge is 0.220 e. The fourth-order valence-electron chi connectivity index (χ4n) is 3.18. The SMILES string of the molecule is O=C(CC1CCCCC1)NCc1cccc(-c2ncc[nH]2)c1. The van der Waals surface area contributed by atoms with Gasteiger partial charge in [0.1, 0.15) is 5.82 Å². The van der Waals surface area contributed by atoms with Crippen molar-refractivity contribution in [3.63, 3.8) is 0 Å². The first kappa shape index (κ1) is 14.8. The Hall–Kier alpha value is -2.10. The Labute approximate surface area is 131 Å². The third-order valence-corrected chi connectivity index (χ3v) is 4.39. The second kappa shape index (κ2) is 7.25. The zero-order chi connectivity index (χ0) is 15.2. The van der Waals surface area contributed by atoms with Crippen LogP contribution in [0, 0.1) is 5.92 Å². The minimum absolute atomic E-state index is 0.176. The number of rotatable bonds is 5. The maximum Gasteiger partial charge on any atom is 0.220 e. The van der Waals surface area contributed by atoms with E-state index in [9.17, 15) is 4.79 Å². The summed E-state index contributed by atoms with van der Waals surface area (Å²) >= 11 is 0. The molecule has 0 unspecified atom stereocenters. The molecule has 1 aromatic heterocycles. The summed E-state index contributed by atoms with van der Waals surface area (Å²) in [6.45, 7) is 0.583. The van der Waals surface area contributed by atoms with E-state index in [4.69, 9.17) is 0 Å². The van der Waals surface area contributed by atoms with E-state index in [1.807, 2.05) is 24.4 Å². The van der Waals surface area contributed by atoms with Crippen molar-refractivity contribution in [3.8, 4) is 11.4 Å². The van der Waals surface area contributed by atoms with Crippen molar-refractivity contribution in [1.82, 2.24) is 15.3 Å². The first-order valence-corrected chi connectivity index (χ1v) is 8.16. The normalized spacial score (nSPS) is 15.6. The second-order valence-corrected chi connectivity index (χ2v) is 6.12. The molecular weight excluding hydrogens is 274 g/mol. The van der Waals surface area contributed by atoms with Gasteiger partial charge in [-0.2, -0.15) is 0 Å². The molecule has 0 atom stereocenters. The molecule has 0 spiro atoms. The Morgan fingerprint density at radius 1 is 1.27 bits per heavy atom. The van der Waals surface area contributed by atoms with Crippen LogP contribution in [0.25, 0.3) is 11.4 Å². The molecule has 4 nitrogen and oxygen atoms in total. The number of hydrogen-bond donors (Lipinski definition) is 2. The summed E-state index contributed by atoms with van der Waals surface area (Å²) in [6.07, 6.45) is 10.5. The van der Waals surface area contributed by atoms with Gasteiger partial charge in [0.25, 0.3) is 0 Å². The van der Waals surface area contributed by atoms with E-state index in [-0.39, 0.29) is 5.91 Å². The summed E-state index contributed by atoms with van der Waals surface area (Å²) in [7, 11) is 0. The number of carbonyl (C=O) groups is 1. The molecule has 1 amide bonds. The maximum absolute atomic E-state index is 12.1. The average Bonchev–Trinajstić information content (AvgIpc) is 3.09. The lowest BCUT2D eigenvalue weighted by molar-refractivity contribution is -0.122. The van der Waals surface area contributed by atoms with Gasteiger partial charge in [-0.05, 0) is 30.4 Å². The molecule has 1 aromatic carbocycles. The molecule has 0 aliphatic heterocycles. The zero-order valence-electron chi connectivity index (χ0n) is 12.8. The second-order valence-electron chi connectivity index (χ2n) is 6.12. The number of aromatic nitrogens is 2. The van der Waals surface area contributed by atoms with E-state index in [1.54, 1.807) is 6.20 Å². The molecule has 1 saturated carbocycles. The number of H-pyrrole nitrogens is 1. The van der Waals surface area contributed by atoms with Crippen molar-refractivity contribution in [3.05, 3.63) is 42.2 Å². The lowest BCUT2D eigenvalue weighted by Crippen LogP contribution is -2.25. The third-order valence-electron chi connectivity index (χ3n) is 4.39. The molecule has 2 N–H and O–H groups in total. The highest BCUT2D eigenvalue weighted by Gasteiger charge is 2.16. The van der Waals surface area contributed by atoms with E-state index in [0.29, 0.717) is 18.9 Å². The first-order valence-electron chi connectivity index (χ1n) is 8.16. The molecule has 22 heavy (non-hydrogen) atoms. The van der Waals surface area contributed by atoms with Crippen LogP contribution in [0.1, 0.15) is 44.1 Å². The summed E-state index contributed by atoms with van der Waals surface area (Å²) in [4.78, 5) is 19.4. The molecule has 0 radical (unpaired) electrons. The average molecular weight is 297 g/mol. The topological polar surface area (TPSA) is 57.8 Å². The number of benzene rings is 1. The number of imidazole rings is 1. The van der Waals surface area contributed by atoms with Crippen LogP contribution >= 0.6 is 0 Å². The lowest BCUT2D eigenvalue weighted by atomic mass is 9.87. The predicted molar refractivity (Wildman–Crippen MR) is 87.1 cm³/mol. The lowest BCUT2D eigenvalue weighted by Gasteiger charge is -2.20. The summed E-state index contributed by atoms with van der Waals surface area (Å²) in [5, 5.41) is 3.05. The van der Waals surface area contributed by atoms with Gasteiger partial charge in [-0.25, -0.2) is 4.98 Å². The summed E-state index contributed by atoms with van der Waals surface area (Å²) in [5.74, 6) is 1.62. The number of carbonyl (C=O) groups excluding carboxylic acids is 1. The highest BCUT2D eigenvalue weighted by atomic mass is 16.1. The van der Waals surface area contributed by atoms with Crippen LogP contribution in [0.2, 0.25) is 0 Å². The van der Waals surface area contributed by atoms with E-state index >= 15 is 0 Å². The molecule has 1 heterocycles. The number of aromatic amines is 1. The first-order chi connectivity index (χ1) is 10.8. The van der Waals surface area contributed by atoms with Crippen molar-refractivity contribution in [1.29, 1.82) is 0 Å². The van der Waals surface area contributed by atoms with Gasteiger partial charge in [0.05, 0.1) is 0 Å². The Morgan fingerprint density at radius 3 is 2.91 bits per heavy atom. The van der Waals surface area contributed by atoms with E-state index < -0.39 is 0 Å². The molecule has 4 heteroatoms. The Morgan fingerprint density at radius 2 is 2.14 bits per heavy atom. The number of nitrogens with one attached hydrogen (secondary N) is 2. The van der Waals surface area contributed by atoms with Crippen LogP contribution in [0.15, 0.2) is 36.7 Å². The molecule has 116 valence electrons. The van der Waals surface area contributed by atoms with Crippen LogP contribution < -0.4 is 5.32 Å². The van der Waals surface area contributed by atoms with Gasteiger partial charge in [0, 0.05) is 30.9 Å². The number of nitrogens with zero attached hydrogens (tertiary/aromatic N) is 1. The van der Waals surface area contributed by atoms with Gasteiger partial charge in [0.15, 0.2) is 0 Å². The molecule has 3 rings (SSSR count). The van der Waals surface area contributed by atoms with Crippen molar-refractivity contribution in [2.24, 2.45) is 5.92 Å². The summed E-state index contributed by atoms with van der Waals surface area (Å²) in [6, 6.07) is 8.12. The summed E-state index contributed by atoms with van der Waals surface area (Å²) < 4.78 is 0. The quantitative estimate of drug-likeness (QED) is 0.884. The fourth-order valence-corrected chi connectivity index (χ4v) is 3.18. The van der Waals surface area contributed by atoms with E-state index in [0.717, 1.165) is 17.0 Å². The number of amides is 1. The van der Waals surface area contributed by atoms with E-state index in [1.165, 1.54) is 32.1 Å². The minimum Gasteiger partial charge on any atom is -0.352 e. The largest absolute Gasteiger partial charge is 0.352 e. The van der Waals surface area contributed by atoms with Crippen molar-refractivity contribution >= 4 is 5.91 Å². The molecule has 1 aliphatic rings. The molecule has 0 bridgehead atoms. The van der Waals surface area contributed by atoms with Gasteiger partial charge in [-0.15, -0.1) is 0 Å². The van der Waals surface area contributed by atoms with Crippen LogP contribution in [0.5, 0.6) is 0 Å². The zero-order valence-corrected chi connectivity index (χ0v) is 12.8. The van der Waals surface area contributed by atoms with Crippen molar-refractivity contribution in [2.75, 3.05) is 0 Å². The highest BCUT2D eigenvalue weighted by Crippen LogP contribution is 2.26. The van der Waals surface area contributed by atoms with Crippen molar-refractivity contribution in [2.45, 2.75) is 45.1 Å². The molecule has 0 saturated heterocycles. The van der Waals surface area contributed by atoms with Gasteiger partial charge in [-0.1, -0.05) is 37.5 Å². The van der Waals surface area contributed by atoms with Crippen LogP contribution in [-0.4, -0.2) is 15.9 Å². The van der Waals surface area contributed by atoms with Gasteiger partial charge < -0.3 is 10.3 Å². The fraction of sp³-hybridized carbons (Fsp3) is 0.444. The van der Waals surface area contributed by atoms with E-state index in [2.05, 4.69) is 21.4 Å². The number of hydrogen-bond acceptors (Lipinski definition) is 2. The monoisotopic (exact) mass is 297 g/mol. The standard InChI is InChI=1S/C18H23N3O/c22-17(12-14-5-2-1-3-6-14)21-13-15-7-4-8-16(11-15)18-19-9-10-20-18/h4,7-11,14H,1-3,5-6,12-13H2,(H,19,20)(H,21,22). The Balaban J connectivity index is 1.52.